The molecule has 0 aliphatic carbocycles. The van der Waals surface area contributed by atoms with Crippen molar-refractivity contribution >= 4 is 28.5 Å². The summed E-state index contributed by atoms with van der Waals surface area (Å²) in [4.78, 5) is 8.68. The van der Waals surface area contributed by atoms with Crippen molar-refractivity contribution in [1.29, 1.82) is 0 Å². The van der Waals surface area contributed by atoms with Crippen molar-refractivity contribution < 1.29 is 0 Å². The molecule has 0 fully saturated rings. The molecule has 25 heavy (non-hydrogen) atoms. The van der Waals surface area contributed by atoms with Crippen LogP contribution in [0, 0.1) is 0 Å². The number of nitrogens with one attached hydrogen (secondary N) is 2. The standard InChI is InChI=1S/C20H21ClN4/c1-22-20(24-11-9-15-5-4-6-17(21)13-15)25-14-16-10-12-23-19-8-3-2-7-18(16)19/h2-8,10,12-13H,9,11,14H2,1H3,(H2,22,24,25). The van der Waals surface area contributed by atoms with Gasteiger partial charge in [-0.25, -0.2) is 0 Å². The van der Waals surface area contributed by atoms with E-state index < -0.39 is 0 Å². The van der Waals surface area contributed by atoms with Crippen LogP contribution in [0.1, 0.15) is 11.1 Å². The second-order valence-electron chi connectivity index (χ2n) is 5.72. The number of halogens is 1. The normalized spacial score (nSPS) is 11.5. The van der Waals surface area contributed by atoms with Gasteiger partial charge in [-0.05, 0) is 41.8 Å². The summed E-state index contributed by atoms with van der Waals surface area (Å²) in [6.45, 7) is 1.48. The van der Waals surface area contributed by atoms with E-state index in [4.69, 9.17) is 11.6 Å². The Labute approximate surface area is 153 Å². The van der Waals surface area contributed by atoms with Crippen molar-refractivity contribution in [3.05, 3.63) is 76.9 Å². The van der Waals surface area contributed by atoms with Gasteiger partial charge in [0.05, 0.1) is 5.52 Å². The summed E-state index contributed by atoms with van der Waals surface area (Å²) < 4.78 is 0. The van der Waals surface area contributed by atoms with Gasteiger partial charge in [0.1, 0.15) is 0 Å². The molecule has 0 saturated carbocycles. The maximum absolute atomic E-state index is 6.02. The minimum absolute atomic E-state index is 0.694. The van der Waals surface area contributed by atoms with E-state index in [0.29, 0.717) is 6.54 Å². The molecule has 0 spiro atoms. The molecule has 0 bridgehead atoms. The third-order valence-corrected chi connectivity index (χ3v) is 4.24. The van der Waals surface area contributed by atoms with Gasteiger partial charge in [-0.3, -0.25) is 9.98 Å². The summed E-state index contributed by atoms with van der Waals surface area (Å²) in [6, 6.07) is 18.1. The fraction of sp³-hybridized carbons (Fsp3) is 0.200. The fourth-order valence-electron chi connectivity index (χ4n) is 2.73. The maximum Gasteiger partial charge on any atom is 0.191 e. The first kappa shape index (κ1) is 17.2. The molecule has 5 heteroatoms. The quantitative estimate of drug-likeness (QED) is 0.542. The molecular weight excluding hydrogens is 332 g/mol. The van der Waals surface area contributed by atoms with Crippen LogP contribution in [0.15, 0.2) is 65.8 Å². The molecule has 3 aromatic rings. The Morgan fingerprint density at radius 1 is 1.08 bits per heavy atom. The Hall–Kier alpha value is -2.59. The van der Waals surface area contributed by atoms with Crippen LogP contribution < -0.4 is 10.6 Å². The molecule has 4 nitrogen and oxygen atoms in total. The lowest BCUT2D eigenvalue weighted by Crippen LogP contribution is -2.37. The highest BCUT2D eigenvalue weighted by Gasteiger charge is 2.03. The van der Waals surface area contributed by atoms with Crippen molar-refractivity contribution in [2.75, 3.05) is 13.6 Å². The molecule has 0 amide bonds. The van der Waals surface area contributed by atoms with E-state index >= 15 is 0 Å². The lowest BCUT2D eigenvalue weighted by molar-refractivity contribution is 0.796. The van der Waals surface area contributed by atoms with E-state index in [1.54, 1.807) is 7.05 Å². The molecule has 0 aliphatic heterocycles. The molecule has 3 rings (SSSR count). The van der Waals surface area contributed by atoms with Crippen LogP contribution in [0.2, 0.25) is 5.02 Å². The lowest BCUT2D eigenvalue weighted by atomic mass is 10.1. The first-order valence-electron chi connectivity index (χ1n) is 8.28. The highest BCUT2D eigenvalue weighted by Crippen LogP contribution is 2.15. The first-order valence-corrected chi connectivity index (χ1v) is 8.65. The number of rotatable bonds is 5. The molecule has 2 N–H and O–H groups in total. The number of benzene rings is 2. The second-order valence-corrected chi connectivity index (χ2v) is 6.16. The van der Waals surface area contributed by atoms with Crippen LogP contribution in [0.3, 0.4) is 0 Å². The summed E-state index contributed by atoms with van der Waals surface area (Å²) in [5.41, 5.74) is 3.41. The Morgan fingerprint density at radius 2 is 1.96 bits per heavy atom. The highest BCUT2D eigenvalue weighted by atomic mass is 35.5. The predicted octanol–water partition coefficient (Wildman–Crippen LogP) is 3.80. The predicted molar refractivity (Wildman–Crippen MR) is 105 cm³/mol. The SMILES string of the molecule is CN=C(NCCc1cccc(Cl)c1)NCc1ccnc2ccccc12. The van der Waals surface area contributed by atoms with Crippen molar-refractivity contribution in [2.45, 2.75) is 13.0 Å². The van der Waals surface area contributed by atoms with Gasteiger partial charge in [-0.1, -0.05) is 41.9 Å². The minimum Gasteiger partial charge on any atom is -0.356 e. The smallest absolute Gasteiger partial charge is 0.191 e. The number of guanidine groups is 1. The van der Waals surface area contributed by atoms with E-state index in [9.17, 15) is 0 Å². The highest BCUT2D eigenvalue weighted by molar-refractivity contribution is 6.30. The molecule has 2 aromatic carbocycles. The van der Waals surface area contributed by atoms with Gasteiger partial charge in [0, 0.05) is 36.7 Å². The molecule has 0 saturated heterocycles. The van der Waals surface area contributed by atoms with Crippen LogP contribution >= 0.6 is 11.6 Å². The Morgan fingerprint density at radius 3 is 2.80 bits per heavy atom. The first-order chi connectivity index (χ1) is 12.3. The number of aliphatic imine (C=N–C) groups is 1. The summed E-state index contributed by atoms with van der Waals surface area (Å²) in [5.74, 6) is 0.780. The van der Waals surface area contributed by atoms with Crippen molar-refractivity contribution in [1.82, 2.24) is 15.6 Å². The van der Waals surface area contributed by atoms with E-state index in [2.05, 4.69) is 32.7 Å². The monoisotopic (exact) mass is 352 g/mol. The average molecular weight is 353 g/mol. The van der Waals surface area contributed by atoms with Gasteiger partial charge >= 0.3 is 0 Å². The number of nitrogens with zero attached hydrogens (tertiary/aromatic N) is 2. The summed E-state index contributed by atoms with van der Waals surface area (Å²) >= 11 is 6.02. The van der Waals surface area contributed by atoms with E-state index in [0.717, 1.165) is 34.9 Å². The van der Waals surface area contributed by atoms with Crippen LogP contribution in [-0.2, 0) is 13.0 Å². The Kier molecular flexibility index (Phi) is 5.86. The number of fused-ring (bicyclic) bond motifs is 1. The molecule has 1 heterocycles. The van der Waals surface area contributed by atoms with Crippen LogP contribution in [-0.4, -0.2) is 24.5 Å². The Balaban J connectivity index is 1.55. The van der Waals surface area contributed by atoms with E-state index in [1.165, 1.54) is 11.1 Å². The molecule has 0 atom stereocenters. The topological polar surface area (TPSA) is 49.3 Å². The Bertz CT molecular complexity index is 871. The summed E-state index contributed by atoms with van der Waals surface area (Å²) in [6.07, 6.45) is 2.73. The zero-order valence-corrected chi connectivity index (χ0v) is 14.9. The number of hydrogen-bond acceptors (Lipinski definition) is 2. The van der Waals surface area contributed by atoms with Gasteiger partial charge in [-0.2, -0.15) is 0 Å². The zero-order valence-electron chi connectivity index (χ0n) is 14.2. The van der Waals surface area contributed by atoms with Gasteiger partial charge in [0.2, 0.25) is 0 Å². The lowest BCUT2D eigenvalue weighted by Gasteiger charge is -2.13. The van der Waals surface area contributed by atoms with Crippen LogP contribution in [0.25, 0.3) is 10.9 Å². The average Bonchev–Trinajstić information content (AvgIpc) is 2.64. The summed E-state index contributed by atoms with van der Waals surface area (Å²) in [7, 11) is 1.78. The van der Waals surface area contributed by atoms with Gasteiger partial charge in [-0.15, -0.1) is 0 Å². The molecule has 1 aromatic heterocycles. The zero-order chi connectivity index (χ0) is 17.5. The maximum atomic E-state index is 6.02. The third kappa shape index (κ3) is 4.70. The number of aromatic nitrogens is 1. The molecule has 128 valence electrons. The van der Waals surface area contributed by atoms with Crippen molar-refractivity contribution in [2.24, 2.45) is 4.99 Å². The van der Waals surface area contributed by atoms with Gasteiger partial charge in [0.15, 0.2) is 5.96 Å². The second kappa shape index (κ2) is 8.49. The summed E-state index contributed by atoms with van der Waals surface area (Å²) in [5, 5.41) is 8.62. The third-order valence-electron chi connectivity index (χ3n) is 4.00. The minimum atomic E-state index is 0.694. The largest absolute Gasteiger partial charge is 0.356 e. The molecule has 0 unspecified atom stereocenters. The number of hydrogen-bond donors (Lipinski definition) is 2. The van der Waals surface area contributed by atoms with Gasteiger partial charge < -0.3 is 10.6 Å². The fourth-order valence-corrected chi connectivity index (χ4v) is 2.94. The van der Waals surface area contributed by atoms with Crippen molar-refractivity contribution in [3.63, 3.8) is 0 Å². The van der Waals surface area contributed by atoms with Crippen molar-refractivity contribution in [3.8, 4) is 0 Å². The number of para-hydroxylation sites is 1. The van der Waals surface area contributed by atoms with Gasteiger partial charge in [0.25, 0.3) is 0 Å². The number of pyridine rings is 1. The van der Waals surface area contributed by atoms with Crippen LogP contribution in [0.5, 0.6) is 0 Å². The molecule has 0 radical (unpaired) electrons. The molecular formula is C20H21ClN4. The van der Waals surface area contributed by atoms with Crippen LogP contribution in [0.4, 0.5) is 0 Å². The molecule has 0 aliphatic rings. The van der Waals surface area contributed by atoms with E-state index in [-0.39, 0.29) is 0 Å². The van der Waals surface area contributed by atoms with E-state index in [1.807, 2.05) is 48.7 Å².